The lowest BCUT2D eigenvalue weighted by Crippen LogP contribution is -2.32. The molecule has 1 aliphatic rings. The summed E-state index contributed by atoms with van der Waals surface area (Å²) in [4.78, 5) is 2.13. The summed E-state index contributed by atoms with van der Waals surface area (Å²) in [6, 6.07) is 11.7. The van der Waals surface area contributed by atoms with Crippen molar-refractivity contribution >= 4 is 5.69 Å². The van der Waals surface area contributed by atoms with Crippen LogP contribution in [0.5, 0.6) is 23.0 Å². The quantitative estimate of drug-likeness (QED) is 0.868. The Balaban J connectivity index is 1.91. The van der Waals surface area contributed by atoms with Crippen LogP contribution in [0.4, 0.5) is 5.69 Å². The molecule has 0 saturated heterocycles. The molecule has 0 aromatic heterocycles. The highest BCUT2D eigenvalue weighted by atomic mass is 16.5. The van der Waals surface area contributed by atoms with Crippen molar-refractivity contribution in [3.05, 3.63) is 42.0 Å². The minimum absolute atomic E-state index is 0.495. The van der Waals surface area contributed by atoms with Gasteiger partial charge >= 0.3 is 0 Å². The number of benzene rings is 2. The number of hydrogen-bond donors (Lipinski definition) is 0. The molecule has 22 heavy (non-hydrogen) atoms. The molecular weight excluding hydrogens is 282 g/mol. The van der Waals surface area contributed by atoms with E-state index >= 15 is 0 Å². The summed E-state index contributed by atoms with van der Waals surface area (Å²) >= 11 is 0. The van der Waals surface area contributed by atoms with Gasteiger partial charge in [0, 0.05) is 5.69 Å². The largest absolute Gasteiger partial charge is 0.497 e. The molecule has 1 heterocycles. The molecule has 2 aromatic carbocycles. The summed E-state index contributed by atoms with van der Waals surface area (Å²) in [5, 5.41) is 0. The average Bonchev–Trinajstić information content (AvgIpc) is 2.60. The predicted octanol–water partition coefficient (Wildman–Crippen LogP) is 3.07. The molecule has 2 aromatic rings. The van der Waals surface area contributed by atoms with Gasteiger partial charge in [-0.1, -0.05) is 0 Å². The molecule has 1 aliphatic heterocycles. The molecule has 0 unspecified atom stereocenters. The van der Waals surface area contributed by atoms with E-state index in [4.69, 9.17) is 18.9 Å². The van der Waals surface area contributed by atoms with Crippen molar-refractivity contribution in [3.63, 3.8) is 0 Å². The van der Waals surface area contributed by atoms with Crippen LogP contribution in [0.1, 0.15) is 5.56 Å². The molecule has 0 amide bonds. The fourth-order valence-electron chi connectivity index (χ4n) is 2.60. The second-order valence-corrected chi connectivity index (χ2v) is 4.95. The number of nitrogens with zero attached hydrogens (tertiary/aromatic N) is 1. The molecule has 116 valence electrons. The van der Waals surface area contributed by atoms with Crippen LogP contribution in [0, 0.1) is 0 Å². The van der Waals surface area contributed by atoms with E-state index < -0.39 is 0 Å². The first-order chi connectivity index (χ1) is 10.8. The number of anilines is 1. The fourth-order valence-corrected chi connectivity index (χ4v) is 2.60. The van der Waals surface area contributed by atoms with E-state index in [0.29, 0.717) is 19.0 Å². The number of fused-ring (bicyclic) bond motifs is 1. The molecule has 0 radical (unpaired) electrons. The van der Waals surface area contributed by atoms with Gasteiger partial charge in [-0.25, -0.2) is 0 Å². The average molecular weight is 301 g/mol. The first-order valence-corrected chi connectivity index (χ1v) is 7.02. The van der Waals surface area contributed by atoms with Crippen LogP contribution in [0.3, 0.4) is 0 Å². The van der Waals surface area contributed by atoms with Gasteiger partial charge in [0.2, 0.25) is 0 Å². The molecule has 0 fully saturated rings. The van der Waals surface area contributed by atoms with Crippen molar-refractivity contribution in [2.45, 2.75) is 6.54 Å². The zero-order valence-corrected chi connectivity index (χ0v) is 13.0. The van der Waals surface area contributed by atoms with Gasteiger partial charge in [0.05, 0.1) is 33.4 Å². The Morgan fingerprint density at radius 3 is 2.32 bits per heavy atom. The van der Waals surface area contributed by atoms with Crippen molar-refractivity contribution in [1.29, 1.82) is 0 Å². The maximum atomic E-state index is 5.85. The molecule has 0 spiro atoms. The molecule has 3 rings (SSSR count). The van der Waals surface area contributed by atoms with Crippen molar-refractivity contribution in [2.75, 3.05) is 33.0 Å². The fraction of sp³-hybridized carbons (Fsp3) is 0.294. The van der Waals surface area contributed by atoms with Gasteiger partial charge in [0.1, 0.15) is 11.5 Å². The topological polar surface area (TPSA) is 40.2 Å². The highest BCUT2D eigenvalue weighted by Gasteiger charge is 2.23. The van der Waals surface area contributed by atoms with Gasteiger partial charge in [-0.2, -0.15) is 0 Å². The molecular formula is C17H19NO4. The second-order valence-electron chi connectivity index (χ2n) is 4.95. The zero-order chi connectivity index (χ0) is 15.5. The van der Waals surface area contributed by atoms with E-state index in [9.17, 15) is 0 Å². The molecule has 0 atom stereocenters. The predicted molar refractivity (Wildman–Crippen MR) is 84.2 cm³/mol. The van der Waals surface area contributed by atoms with Crippen LogP contribution in [-0.2, 0) is 6.54 Å². The van der Waals surface area contributed by atoms with Crippen LogP contribution in [0.15, 0.2) is 36.4 Å². The zero-order valence-electron chi connectivity index (χ0n) is 13.0. The third-order valence-corrected chi connectivity index (χ3v) is 3.77. The Morgan fingerprint density at radius 1 is 0.909 bits per heavy atom. The summed E-state index contributed by atoms with van der Waals surface area (Å²) in [7, 11) is 4.94. The minimum atomic E-state index is 0.495. The maximum Gasteiger partial charge on any atom is 0.169 e. The third kappa shape index (κ3) is 2.50. The molecule has 0 bridgehead atoms. The first-order valence-electron chi connectivity index (χ1n) is 7.02. The van der Waals surface area contributed by atoms with E-state index in [1.807, 2.05) is 36.4 Å². The molecule has 0 aliphatic carbocycles. The van der Waals surface area contributed by atoms with E-state index in [1.54, 1.807) is 21.3 Å². The Bertz CT molecular complexity index is 654. The monoisotopic (exact) mass is 301 g/mol. The highest BCUT2D eigenvalue weighted by molar-refractivity contribution is 5.58. The Labute approximate surface area is 130 Å². The van der Waals surface area contributed by atoms with Crippen molar-refractivity contribution in [1.82, 2.24) is 0 Å². The summed E-state index contributed by atoms with van der Waals surface area (Å²) < 4.78 is 21.9. The number of rotatable bonds is 4. The lowest BCUT2D eigenvalue weighted by atomic mass is 10.1. The normalized spacial score (nSPS) is 13.1. The summed E-state index contributed by atoms with van der Waals surface area (Å²) in [5.74, 6) is 3.10. The number of methoxy groups -OCH3 is 3. The lowest BCUT2D eigenvalue weighted by Gasteiger charge is -2.32. The van der Waals surface area contributed by atoms with Gasteiger partial charge in [0.25, 0.3) is 0 Å². The first kappa shape index (κ1) is 14.4. The van der Waals surface area contributed by atoms with E-state index in [-0.39, 0.29) is 0 Å². The summed E-state index contributed by atoms with van der Waals surface area (Å²) in [6.45, 7) is 1.19. The third-order valence-electron chi connectivity index (χ3n) is 3.77. The van der Waals surface area contributed by atoms with Crippen LogP contribution in [-0.4, -0.2) is 28.1 Å². The molecule has 0 saturated carbocycles. The van der Waals surface area contributed by atoms with Crippen LogP contribution < -0.4 is 23.8 Å². The van der Waals surface area contributed by atoms with Crippen LogP contribution >= 0.6 is 0 Å². The smallest absolute Gasteiger partial charge is 0.169 e. The molecule has 5 nitrogen and oxygen atoms in total. The van der Waals surface area contributed by atoms with Gasteiger partial charge in [-0.15, -0.1) is 0 Å². The van der Waals surface area contributed by atoms with Crippen molar-refractivity contribution in [3.8, 4) is 23.0 Å². The summed E-state index contributed by atoms with van der Waals surface area (Å²) in [6.07, 6.45) is 0. The van der Waals surface area contributed by atoms with Gasteiger partial charge in [-0.05, 0) is 36.4 Å². The highest BCUT2D eigenvalue weighted by Crippen LogP contribution is 2.40. The minimum Gasteiger partial charge on any atom is -0.497 e. The number of hydrogen-bond acceptors (Lipinski definition) is 5. The van der Waals surface area contributed by atoms with Crippen molar-refractivity contribution < 1.29 is 18.9 Å². The SMILES string of the molecule is COc1ccc(N2COc3ccc(OC)c(OC)c3C2)cc1. The van der Waals surface area contributed by atoms with Gasteiger partial charge < -0.3 is 23.8 Å². The Kier molecular flexibility index (Phi) is 3.96. The van der Waals surface area contributed by atoms with E-state index in [1.165, 1.54) is 0 Å². The van der Waals surface area contributed by atoms with E-state index in [2.05, 4.69) is 4.90 Å². The van der Waals surface area contributed by atoms with Crippen molar-refractivity contribution in [2.24, 2.45) is 0 Å². The standard InChI is InChI=1S/C17H19NO4/c1-19-13-6-4-12(5-7-13)18-10-14-15(22-11-18)8-9-16(20-2)17(14)21-3/h4-9H,10-11H2,1-3H3. The number of ether oxygens (including phenoxy) is 4. The lowest BCUT2D eigenvalue weighted by molar-refractivity contribution is 0.279. The molecule has 0 N–H and O–H groups in total. The Hall–Kier alpha value is -2.56. The van der Waals surface area contributed by atoms with Crippen LogP contribution in [0.2, 0.25) is 0 Å². The molecule has 5 heteroatoms. The van der Waals surface area contributed by atoms with Gasteiger partial charge in [0.15, 0.2) is 18.2 Å². The Morgan fingerprint density at radius 2 is 1.68 bits per heavy atom. The maximum absolute atomic E-state index is 5.85. The summed E-state index contributed by atoms with van der Waals surface area (Å²) in [5.41, 5.74) is 2.06. The van der Waals surface area contributed by atoms with E-state index in [0.717, 1.165) is 28.5 Å². The van der Waals surface area contributed by atoms with Gasteiger partial charge in [-0.3, -0.25) is 0 Å². The second kappa shape index (κ2) is 6.05. The van der Waals surface area contributed by atoms with Crippen LogP contribution in [0.25, 0.3) is 0 Å².